The van der Waals surface area contributed by atoms with Crippen molar-refractivity contribution < 1.29 is 9.53 Å². The van der Waals surface area contributed by atoms with Crippen LogP contribution in [-0.4, -0.2) is 27.6 Å². The average Bonchev–Trinajstić information content (AvgIpc) is 3.08. The van der Waals surface area contributed by atoms with Crippen LogP contribution in [0.2, 0.25) is 10.0 Å². The molecule has 0 saturated carbocycles. The minimum atomic E-state index is -0.291. The molecule has 8 heteroatoms. The van der Waals surface area contributed by atoms with E-state index >= 15 is 0 Å². The van der Waals surface area contributed by atoms with Crippen molar-refractivity contribution in [1.29, 1.82) is 0 Å². The van der Waals surface area contributed by atoms with Gasteiger partial charge in [-0.2, -0.15) is 5.10 Å². The number of benzene rings is 2. The van der Waals surface area contributed by atoms with Gasteiger partial charge < -0.3 is 10.1 Å². The van der Waals surface area contributed by atoms with E-state index in [4.69, 9.17) is 27.9 Å². The van der Waals surface area contributed by atoms with Crippen molar-refractivity contribution in [2.45, 2.75) is 13.5 Å². The molecule has 2 aromatic carbocycles. The summed E-state index contributed by atoms with van der Waals surface area (Å²) in [6.07, 6.45) is 1.56. The molecule has 0 spiro atoms. The van der Waals surface area contributed by atoms with Gasteiger partial charge in [-0.25, -0.2) is 9.50 Å². The van der Waals surface area contributed by atoms with Crippen molar-refractivity contribution in [2.75, 3.05) is 12.4 Å². The first-order valence-electron chi connectivity index (χ1n) is 9.17. The van der Waals surface area contributed by atoms with Crippen LogP contribution in [0.1, 0.15) is 21.7 Å². The Morgan fingerprint density at radius 1 is 1.13 bits per heavy atom. The highest BCUT2D eigenvalue weighted by atomic mass is 35.5. The number of anilines is 1. The van der Waals surface area contributed by atoms with E-state index in [2.05, 4.69) is 15.4 Å². The third-order valence-electron chi connectivity index (χ3n) is 4.70. The van der Waals surface area contributed by atoms with Crippen molar-refractivity contribution >= 4 is 40.4 Å². The van der Waals surface area contributed by atoms with E-state index in [1.165, 1.54) is 0 Å². The second-order valence-electron chi connectivity index (χ2n) is 6.72. The van der Waals surface area contributed by atoms with E-state index in [9.17, 15) is 4.79 Å². The van der Waals surface area contributed by atoms with Gasteiger partial charge in [0.1, 0.15) is 0 Å². The monoisotopic (exact) mass is 440 g/mol. The number of rotatable bonds is 5. The number of carbonyl (C=O) groups is 1. The molecule has 4 rings (SSSR count). The van der Waals surface area contributed by atoms with Gasteiger partial charge in [0, 0.05) is 29.0 Å². The van der Waals surface area contributed by atoms with Crippen LogP contribution in [0.25, 0.3) is 16.8 Å². The van der Waals surface area contributed by atoms with E-state index in [0.29, 0.717) is 39.2 Å². The summed E-state index contributed by atoms with van der Waals surface area (Å²) >= 11 is 12.0. The Morgan fingerprint density at radius 3 is 2.60 bits per heavy atom. The van der Waals surface area contributed by atoms with E-state index in [0.717, 1.165) is 16.8 Å². The van der Waals surface area contributed by atoms with Crippen LogP contribution in [0.4, 0.5) is 5.69 Å². The first kappa shape index (κ1) is 20.3. The second kappa shape index (κ2) is 8.44. The molecular weight excluding hydrogens is 423 g/mol. The largest absolute Gasteiger partial charge is 0.378 e. The summed E-state index contributed by atoms with van der Waals surface area (Å²) in [4.78, 5) is 17.4. The fourth-order valence-corrected chi connectivity index (χ4v) is 3.59. The van der Waals surface area contributed by atoms with Crippen molar-refractivity contribution in [3.63, 3.8) is 0 Å². The number of hydrogen-bond acceptors (Lipinski definition) is 4. The molecule has 0 aliphatic rings. The van der Waals surface area contributed by atoms with Crippen molar-refractivity contribution in [3.05, 3.63) is 81.7 Å². The minimum absolute atomic E-state index is 0.291. The quantitative estimate of drug-likeness (QED) is 0.450. The lowest BCUT2D eigenvalue weighted by molar-refractivity contribution is 0.102. The average molecular weight is 441 g/mol. The summed E-state index contributed by atoms with van der Waals surface area (Å²) in [5, 5.41) is 8.69. The molecular formula is C22H18Cl2N4O2. The number of aromatic nitrogens is 3. The van der Waals surface area contributed by atoms with E-state index in [1.54, 1.807) is 42.1 Å². The molecule has 1 amide bonds. The Labute approximate surface area is 183 Å². The van der Waals surface area contributed by atoms with Gasteiger partial charge in [0.05, 0.1) is 29.1 Å². The van der Waals surface area contributed by atoms with Crippen LogP contribution < -0.4 is 5.32 Å². The van der Waals surface area contributed by atoms with E-state index in [-0.39, 0.29) is 5.91 Å². The Hall–Kier alpha value is -2.93. The Morgan fingerprint density at radius 2 is 1.90 bits per heavy atom. The number of halogens is 2. The van der Waals surface area contributed by atoms with Gasteiger partial charge in [-0.1, -0.05) is 41.4 Å². The van der Waals surface area contributed by atoms with Crippen molar-refractivity contribution in [3.8, 4) is 11.1 Å². The Balaban J connectivity index is 1.79. The summed E-state index contributed by atoms with van der Waals surface area (Å²) in [7, 11) is 1.61. The maximum absolute atomic E-state index is 12.8. The normalized spacial score (nSPS) is 11.1. The summed E-state index contributed by atoms with van der Waals surface area (Å²) in [6, 6.07) is 14.4. The highest BCUT2D eigenvalue weighted by Crippen LogP contribution is 2.30. The number of amides is 1. The number of methoxy groups -OCH3 is 1. The molecule has 0 radical (unpaired) electrons. The molecule has 0 saturated heterocycles. The van der Waals surface area contributed by atoms with Gasteiger partial charge in [0.2, 0.25) is 0 Å². The number of nitrogens with one attached hydrogen (secondary N) is 1. The lowest BCUT2D eigenvalue weighted by Gasteiger charge is -2.09. The third-order valence-corrected chi connectivity index (χ3v) is 5.19. The van der Waals surface area contributed by atoms with Gasteiger partial charge >= 0.3 is 0 Å². The number of nitrogens with zero attached hydrogens (tertiary/aromatic N) is 3. The predicted molar refractivity (Wildman–Crippen MR) is 118 cm³/mol. The molecule has 0 aliphatic heterocycles. The molecule has 6 nitrogen and oxygen atoms in total. The highest BCUT2D eigenvalue weighted by molar-refractivity contribution is 6.31. The standard InChI is InChI=1S/C22H18Cl2N4O2/c1-13-18(22(29)26-17-5-3-4-16(24)10-17)11-25-21-20(14-6-8-15(23)9-7-14)19(12-30-2)27-28(13)21/h3-11H,12H2,1-2H3,(H,26,29). The molecule has 0 fully saturated rings. The Kier molecular flexibility index (Phi) is 5.72. The molecule has 2 heterocycles. The summed E-state index contributed by atoms with van der Waals surface area (Å²) in [5.41, 5.74) is 4.81. The fourth-order valence-electron chi connectivity index (χ4n) is 3.28. The predicted octanol–water partition coefficient (Wildman–Crippen LogP) is 5.41. The van der Waals surface area contributed by atoms with Gasteiger partial charge in [-0.15, -0.1) is 0 Å². The van der Waals surface area contributed by atoms with Crippen LogP contribution in [0.3, 0.4) is 0 Å². The molecule has 0 aliphatic carbocycles. The highest BCUT2D eigenvalue weighted by Gasteiger charge is 2.20. The zero-order valence-electron chi connectivity index (χ0n) is 16.3. The molecule has 152 valence electrons. The first-order chi connectivity index (χ1) is 14.5. The number of ether oxygens (including phenoxy) is 1. The number of carbonyl (C=O) groups excluding carboxylic acids is 1. The molecule has 1 N–H and O–H groups in total. The van der Waals surface area contributed by atoms with Gasteiger partial charge in [0.15, 0.2) is 5.65 Å². The van der Waals surface area contributed by atoms with Gasteiger partial charge in [0.25, 0.3) is 5.91 Å². The number of aryl methyl sites for hydroxylation is 1. The first-order valence-corrected chi connectivity index (χ1v) is 9.92. The van der Waals surface area contributed by atoms with Crippen LogP contribution in [0, 0.1) is 6.92 Å². The van der Waals surface area contributed by atoms with Crippen molar-refractivity contribution in [1.82, 2.24) is 14.6 Å². The molecule has 0 atom stereocenters. The molecule has 2 aromatic heterocycles. The third kappa shape index (κ3) is 3.89. The van der Waals surface area contributed by atoms with Crippen LogP contribution in [0.15, 0.2) is 54.7 Å². The number of hydrogen-bond donors (Lipinski definition) is 1. The molecule has 0 unspecified atom stereocenters. The minimum Gasteiger partial charge on any atom is -0.378 e. The lowest BCUT2D eigenvalue weighted by atomic mass is 10.1. The van der Waals surface area contributed by atoms with Crippen LogP contribution in [0.5, 0.6) is 0 Å². The molecule has 4 aromatic rings. The molecule has 0 bridgehead atoms. The zero-order chi connectivity index (χ0) is 21.3. The topological polar surface area (TPSA) is 68.5 Å². The smallest absolute Gasteiger partial charge is 0.259 e. The lowest BCUT2D eigenvalue weighted by Crippen LogP contribution is -2.16. The van der Waals surface area contributed by atoms with Crippen LogP contribution in [-0.2, 0) is 11.3 Å². The van der Waals surface area contributed by atoms with Gasteiger partial charge in [-0.3, -0.25) is 4.79 Å². The molecule has 30 heavy (non-hydrogen) atoms. The maximum Gasteiger partial charge on any atom is 0.259 e. The van der Waals surface area contributed by atoms with E-state index in [1.807, 2.05) is 31.2 Å². The Bertz CT molecular complexity index is 1240. The van der Waals surface area contributed by atoms with Gasteiger partial charge in [-0.05, 0) is 42.8 Å². The summed E-state index contributed by atoms with van der Waals surface area (Å²) < 4.78 is 7.00. The number of fused-ring (bicyclic) bond motifs is 1. The second-order valence-corrected chi connectivity index (χ2v) is 7.59. The van der Waals surface area contributed by atoms with Crippen molar-refractivity contribution in [2.24, 2.45) is 0 Å². The van der Waals surface area contributed by atoms with Crippen LogP contribution >= 0.6 is 23.2 Å². The fraction of sp³-hybridized carbons (Fsp3) is 0.136. The summed E-state index contributed by atoms with van der Waals surface area (Å²) in [5.74, 6) is -0.291. The van der Waals surface area contributed by atoms with E-state index < -0.39 is 0 Å². The maximum atomic E-state index is 12.8. The SMILES string of the molecule is COCc1nn2c(C)c(C(=O)Nc3cccc(Cl)c3)cnc2c1-c1ccc(Cl)cc1. The summed E-state index contributed by atoms with van der Waals surface area (Å²) in [6.45, 7) is 2.14. The zero-order valence-corrected chi connectivity index (χ0v) is 17.8.